The molecule has 0 aliphatic heterocycles. The van der Waals surface area contributed by atoms with Crippen molar-refractivity contribution in [3.8, 4) is 33.8 Å². The van der Waals surface area contributed by atoms with Crippen molar-refractivity contribution < 1.29 is 35.2 Å². The molecule has 0 spiro atoms. The van der Waals surface area contributed by atoms with E-state index in [4.69, 9.17) is 21.5 Å². The normalized spacial score (nSPS) is 16.6. The number of hydrogen-bond donors (Lipinski definition) is 0. The highest BCUT2D eigenvalue weighted by atomic mass is 16.3. The van der Waals surface area contributed by atoms with E-state index in [0.717, 1.165) is 157 Å². The molecule has 6 aromatic heterocycles. The lowest BCUT2D eigenvalue weighted by atomic mass is 9.84. The van der Waals surface area contributed by atoms with Crippen molar-refractivity contribution in [2.24, 2.45) is 21.1 Å². The maximum absolute atomic E-state index is 9.09. The van der Waals surface area contributed by atoms with Gasteiger partial charge >= 0.3 is 0 Å². The topological polar surface area (TPSA) is 51.1 Å². The molecule has 2 aliphatic rings. The Morgan fingerprint density at radius 1 is 0.382 bits per heavy atom. The highest BCUT2D eigenvalue weighted by Gasteiger charge is 2.25. The summed E-state index contributed by atoms with van der Waals surface area (Å²) in [5.41, 5.74) is 18.0. The summed E-state index contributed by atoms with van der Waals surface area (Å²) >= 11 is 0. The van der Waals surface area contributed by atoms with E-state index in [0.29, 0.717) is 5.56 Å². The van der Waals surface area contributed by atoms with Gasteiger partial charge in [-0.1, -0.05) is 119 Å². The summed E-state index contributed by atoms with van der Waals surface area (Å²) in [6.07, 6.45) is 15.7. The van der Waals surface area contributed by atoms with Crippen molar-refractivity contribution in [2.45, 2.75) is 110 Å². The average Bonchev–Trinajstić information content (AvgIpc) is 1.68. The van der Waals surface area contributed by atoms with Gasteiger partial charge in [0.2, 0.25) is 17.1 Å². The van der Waals surface area contributed by atoms with Crippen molar-refractivity contribution in [2.75, 3.05) is 0 Å². The summed E-state index contributed by atoms with van der Waals surface area (Å²) in [6.45, 7) is 5.42. The molecule has 2 saturated carbocycles. The number of aryl methyl sites for hydroxylation is 6. The molecule has 0 bridgehead atoms. The number of fused-ring (bicyclic) bond motifs is 12. The van der Waals surface area contributed by atoms with Gasteiger partial charge in [0.1, 0.15) is 54.6 Å². The first-order valence-corrected chi connectivity index (χ1v) is 31.7. The third kappa shape index (κ3) is 10.5. The Morgan fingerprint density at radius 2 is 0.685 bits per heavy atom. The first-order valence-electron chi connectivity index (χ1n) is 34.7. The van der Waals surface area contributed by atoms with Gasteiger partial charge in [-0.3, -0.25) is 0 Å². The number of benzene rings is 9. The smallest absolute Gasteiger partial charge is 0.212 e. The number of rotatable bonds is 6. The highest BCUT2D eigenvalue weighted by Crippen LogP contribution is 2.42. The van der Waals surface area contributed by atoms with Crippen LogP contribution < -0.4 is 13.7 Å². The van der Waals surface area contributed by atoms with Crippen molar-refractivity contribution >= 4 is 98.1 Å². The Hall–Kier alpha value is -9.39. The second kappa shape index (κ2) is 23.0. The Morgan fingerprint density at radius 3 is 1.04 bits per heavy atom. The molecule has 1 atom stereocenters. The van der Waals surface area contributed by atoms with E-state index in [2.05, 4.69) is 201 Å². The lowest BCUT2D eigenvalue weighted by molar-refractivity contribution is -0.660. The molecule has 89 heavy (non-hydrogen) atoms. The van der Waals surface area contributed by atoms with E-state index >= 15 is 0 Å². The Balaban J connectivity index is 0.000000117. The molecule has 9 aromatic carbocycles. The number of nitrogens with zero attached hydrogens (tertiary/aromatic N) is 3. The number of aromatic nitrogens is 3. The Bertz CT molecular complexity index is 5570. The Labute approximate surface area is 529 Å². The van der Waals surface area contributed by atoms with Gasteiger partial charge in [-0.25, -0.2) is 13.7 Å². The van der Waals surface area contributed by atoms with Crippen LogP contribution in [0.2, 0.25) is 0 Å². The van der Waals surface area contributed by atoms with Gasteiger partial charge in [0.05, 0.1) is 16.7 Å². The lowest BCUT2D eigenvalue weighted by Gasteiger charge is -2.21. The molecule has 2 aliphatic carbocycles. The molecule has 6 heterocycles. The molecule has 0 saturated heterocycles. The second-order valence-electron chi connectivity index (χ2n) is 25.2. The molecule has 0 N–H and O–H groups in total. The molecule has 6 nitrogen and oxygen atoms in total. The van der Waals surface area contributed by atoms with Crippen LogP contribution in [0.5, 0.6) is 0 Å². The van der Waals surface area contributed by atoms with E-state index in [1.54, 1.807) is 6.07 Å². The van der Waals surface area contributed by atoms with E-state index in [9.17, 15) is 0 Å². The van der Waals surface area contributed by atoms with E-state index in [-0.39, 0.29) is 0 Å². The largest absolute Gasteiger partial charge is 0.456 e. The summed E-state index contributed by atoms with van der Waals surface area (Å²) < 4.78 is 75.1. The SMILES string of the molecule is [2H]C([2H])([2H])C([2H])(C)c1cc[n+](C)c(-c2cc3oc4cc5ccccc5cc4c3cc2C)c1.[2H]C1(c2cc[n+](C)c(-c3cc4oc5cc6ccccc6cc5c4cc3C)c2)CCCC1.[2H]C1(c2cc[n+](C)c(-c3cc4oc5cc6ccccc6cc5c4cc3C)c2)CCCCC1. The summed E-state index contributed by atoms with van der Waals surface area (Å²) in [4.78, 5) is 0. The summed E-state index contributed by atoms with van der Waals surface area (Å²) in [5, 5.41) is 13.9. The summed E-state index contributed by atoms with van der Waals surface area (Å²) in [7, 11) is 6.09. The fourth-order valence-corrected chi connectivity index (χ4v) is 14.2. The monoisotopic (exact) mass is 1170 g/mol. The summed E-state index contributed by atoms with van der Waals surface area (Å²) in [5.74, 6) is -2.60. The molecular weight excluding hydrogens is 1090 g/mol. The van der Waals surface area contributed by atoms with E-state index < -0.39 is 24.5 Å². The fraction of sp³-hybridized carbons (Fsp3) is 0.241. The first kappa shape index (κ1) is 49.6. The molecule has 1 unspecified atom stereocenters. The second-order valence-corrected chi connectivity index (χ2v) is 25.2. The molecule has 2 fully saturated rings. The number of hydrogen-bond acceptors (Lipinski definition) is 3. The van der Waals surface area contributed by atoms with Gasteiger partial charge in [0, 0.05) is 76.9 Å². The van der Waals surface area contributed by atoms with Crippen LogP contribution in [0.15, 0.2) is 214 Å². The van der Waals surface area contributed by atoms with Gasteiger partial charge in [0.15, 0.2) is 18.6 Å². The lowest BCUT2D eigenvalue weighted by Crippen LogP contribution is -2.31. The molecule has 440 valence electrons. The summed E-state index contributed by atoms with van der Waals surface area (Å²) in [6, 6.07) is 63.4. The van der Waals surface area contributed by atoms with Crippen LogP contribution in [0.4, 0.5) is 0 Å². The Kier molecular flexibility index (Phi) is 12.8. The first-order chi connectivity index (χ1) is 45.6. The standard InChI is InChI=1S/C29H28NO.C28H26NO.C26H24NO/c1-19-14-25-26-15-21-10-6-7-11-22(21)17-28(26)31-29(25)18-24(19)27-16-23(12-13-30(27)2)20-8-4-3-5-9-20;1-18-13-24-25-14-20-9-5-6-10-21(20)16-27(25)30-28(24)17-23(18)26-15-22(11-12-29(26)2)19-7-3-4-8-19;1-16(2)18-9-10-27(4)24(13-18)21-15-26-22(11-17(21)3)23-12-19-7-5-6-8-20(19)14-25(23)28-26/h6-7,10-18,20H,3-5,8-9H2,1-2H3;5-6,9-17,19H,3-4,7-8H2,1-2H3;5-16H,1-4H3/q3*+1/i20D;19D;1D3,16D. The van der Waals surface area contributed by atoms with Crippen LogP contribution >= 0.6 is 0 Å². The predicted molar refractivity (Wildman–Crippen MR) is 369 cm³/mol. The zero-order chi connectivity index (χ0) is 65.9. The van der Waals surface area contributed by atoms with Crippen molar-refractivity contribution in [3.63, 3.8) is 0 Å². The number of pyridine rings is 3. The number of furan rings is 3. The van der Waals surface area contributed by atoms with Gasteiger partial charge in [0.25, 0.3) is 0 Å². The maximum Gasteiger partial charge on any atom is 0.212 e. The zero-order valence-electron chi connectivity index (χ0n) is 58.0. The molecule has 17 rings (SSSR count). The minimum Gasteiger partial charge on any atom is -0.456 e. The van der Waals surface area contributed by atoms with Crippen LogP contribution in [0.3, 0.4) is 0 Å². The van der Waals surface area contributed by atoms with Crippen molar-refractivity contribution in [1.29, 1.82) is 0 Å². The molecule has 0 radical (unpaired) electrons. The van der Waals surface area contributed by atoms with Gasteiger partial charge in [-0.05, 0) is 203 Å². The highest BCUT2D eigenvalue weighted by molar-refractivity contribution is 6.13. The molecule has 6 heteroatoms. The molecular formula is C83H78N3O3+3. The van der Waals surface area contributed by atoms with Crippen molar-refractivity contribution in [1.82, 2.24) is 0 Å². The van der Waals surface area contributed by atoms with Crippen molar-refractivity contribution in [3.05, 3.63) is 234 Å². The quantitative estimate of drug-likeness (QED) is 0.156. The minimum atomic E-state index is -2.43. The van der Waals surface area contributed by atoms with Crippen LogP contribution in [0.25, 0.3) is 132 Å². The zero-order valence-corrected chi connectivity index (χ0v) is 52.0. The predicted octanol–water partition coefficient (Wildman–Crippen LogP) is 21.4. The van der Waals surface area contributed by atoms with Crippen LogP contribution in [-0.2, 0) is 21.1 Å². The van der Waals surface area contributed by atoms with Gasteiger partial charge < -0.3 is 13.3 Å². The third-order valence-electron chi connectivity index (χ3n) is 19.2. The third-order valence-corrected chi connectivity index (χ3v) is 19.2. The minimum absolute atomic E-state index is 0.444. The van der Waals surface area contributed by atoms with Gasteiger partial charge in [-0.2, -0.15) is 0 Å². The van der Waals surface area contributed by atoms with Crippen LogP contribution in [0, 0.1) is 20.8 Å². The van der Waals surface area contributed by atoms with E-state index in [1.807, 2.05) is 49.0 Å². The van der Waals surface area contributed by atoms with Crippen LogP contribution in [0.1, 0.15) is 131 Å². The molecule has 15 aromatic rings. The fourth-order valence-electron chi connectivity index (χ4n) is 14.2. The average molecular weight is 1170 g/mol. The van der Waals surface area contributed by atoms with Crippen LogP contribution in [-0.4, -0.2) is 0 Å². The maximum atomic E-state index is 9.09. The van der Waals surface area contributed by atoms with E-state index in [1.165, 1.54) is 67.9 Å². The molecule has 0 amide bonds. The van der Waals surface area contributed by atoms with Gasteiger partial charge in [-0.15, -0.1) is 0 Å².